The van der Waals surface area contributed by atoms with Crippen LogP contribution in [0.2, 0.25) is 0 Å². The van der Waals surface area contributed by atoms with Crippen LogP contribution in [0.3, 0.4) is 0 Å². The number of carboxylic acids is 1. The number of aliphatic carboxylic acids is 1. The largest absolute Gasteiger partial charge is 0.507 e. The lowest BCUT2D eigenvalue weighted by molar-refractivity contribution is -0.132. The summed E-state index contributed by atoms with van der Waals surface area (Å²) in [5.41, 5.74) is 3.08. The van der Waals surface area contributed by atoms with E-state index in [2.05, 4.69) is 38.9 Å². The molecule has 0 radical (unpaired) electrons. The highest BCUT2D eigenvalue weighted by atomic mass is 16.4. The Kier molecular flexibility index (Phi) is 22.5. The van der Waals surface area contributed by atoms with Crippen molar-refractivity contribution in [2.75, 3.05) is 6.54 Å². The van der Waals surface area contributed by atoms with Gasteiger partial charge in [-0.2, -0.15) is 0 Å². The van der Waals surface area contributed by atoms with E-state index in [9.17, 15) is 15.0 Å². The van der Waals surface area contributed by atoms with Crippen LogP contribution in [0, 0.1) is 5.92 Å². The lowest BCUT2D eigenvalue weighted by Gasteiger charge is -2.11. The molecule has 0 bridgehead atoms. The molecule has 0 amide bonds. The maximum absolute atomic E-state index is 11.4. The quantitative estimate of drug-likeness (QED) is 0.155. The number of rotatable bonds is 10. The Bertz CT molecular complexity index is 755. The SMILES string of the molecule is C=CC(=C(C)/C(C)=C/C(O)=C(\C=NCCC)C(=O)O)/C(C=C)=C/C=C\C.CC.CC(C)C. The zero-order valence-corrected chi connectivity index (χ0v) is 21.7. The van der Waals surface area contributed by atoms with Crippen molar-refractivity contribution in [2.24, 2.45) is 10.9 Å². The van der Waals surface area contributed by atoms with Crippen molar-refractivity contribution in [2.45, 2.75) is 68.7 Å². The fourth-order valence-corrected chi connectivity index (χ4v) is 2.07. The van der Waals surface area contributed by atoms with Crippen molar-refractivity contribution < 1.29 is 15.0 Å². The van der Waals surface area contributed by atoms with E-state index in [0.717, 1.165) is 29.1 Å². The Balaban J connectivity index is -0.00000125. The van der Waals surface area contributed by atoms with E-state index in [4.69, 9.17) is 0 Å². The van der Waals surface area contributed by atoms with E-state index in [-0.39, 0.29) is 11.3 Å². The van der Waals surface area contributed by atoms with Gasteiger partial charge in [-0.25, -0.2) is 4.79 Å². The van der Waals surface area contributed by atoms with Crippen LogP contribution in [0.1, 0.15) is 68.7 Å². The molecule has 32 heavy (non-hydrogen) atoms. The Morgan fingerprint density at radius 3 is 1.94 bits per heavy atom. The molecule has 0 fully saturated rings. The van der Waals surface area contributed by atoms with Gasteiger partial charge < -0.3 is 10.2 Å². The molecule has 0 spiro atoms. The molecule has 0 saturated carbocycles. The maximum Gasteiger partial charge on any atom is 0.341 e. The van der Waals surface area contributed by atoms with Crippen LogP contribution in [-0.2, 0) is 4.79 Å². The third kappa shape index (κ3) is 15.9. The third-order valence-electron chi connectivity index (χ3n) is 3.63. The minimum atomic E-state index is -1.23. The average Bonchev–Trinajstić information content (AvgIpc) is 2.74. The summed E-state index contributed by atoms with van der Waals surface area (Å²) in [5.74, 6) is -0.730. The standard InChI is InChI=1S/C22H29NO3.C4H10.C2H6/c1-7-11-12-18(9-3)19(10-4)17(6)16(5)14-21(24)20(22(25)26)15-23-13-8-2;1-4(2)3;1-2/h7,9-12,14-15,24H,3-4,8,13H2,1-2,5-6H3,(H,25,26);4H,1-3H3;1-2H3/b11-7-,16-14+,18-12+,19-17-,21-20-,23-15?;;. The molecule has 2 N–H and O–H groups in total. The van der Waals surface area contributed by atoms with Crippen LogP contribution >= 0.6 is 0 Å². The molecular formula is C28H45NO3. The number of hydrogen-bond donors (Lipinski definition) is 2. The number of carboxylic acid groups (broad SMARTS) is 1. The molecule has 0 saturated heterocycles. The Morgan fingerprint density at radius 2 is 1.56 bits per heavy atom. The number of allylic oxidation sites excluding steroid dienone is 10. The molecule has 0 aliphatic heterocycles. The topological polar surface area (TPSA) is 69.9 Å². The number of carbonyl (C=O) groups is 1. The summed E-state index contributed by atoms with van der Waals surface area (Å²) in [5, 5.41) is 19.5. The fourth-order valence-electron chi connectivity index (χ4n) is 2.07. The van der Waals surface area contributed by atoms with E-state index in [0.29, 0.717) is 12.1 Å². The molecule has 0 unspecified atom stereocenters. The van der Waals surface area contributed by atoms with E-state index < -0.39 is 5.97 Å². The van der Waals surface area contributed by atoms with Gasteiger partial charge in [-0.1, -0.05) is 85.1 Å². The van der Waals surface area contributed by atoms with Crippen LogP contribution < -0.4 is 0 Å². The number of aliphatic imine (C=N–C) groups is 1. The van der Waals surface area contributed by atoms with Crippen LogP contribution in [0.15, 0.2) is 88.2 Å². The molecule has 4 heteroatoms. The molecule has 0 aliphatic rings. The van der Waals surface area contributed by atoms with Crippen LogP contribution in [0.4, 0.5) is 0 Å². The van der Waals surface area contributed by atoms with Gasteiger partial charge in [0.15, 0.2) is 0 Å². The first kappa shape index (κ1) is 33.8. The van der Waals surface area contributed by atoms with Crippen LogP contribution in [0.25, 0.3) is 0 Å². The van der Waals surface area contributed by atoms with Crippen molar-refractivity contribution in [1.82, 2.24) is 0 Å². The second-order valence-corrected chi connectivity index (χ2v) is 7.29. The minimum absolute atomic E-state index is 0.237. The molecule has 0 aromatic heterocycles. The van der Waals surface area contributed by atoms with Crippen molar-refractivity contribution in [3.63, 3.8) is 0 Å². The van der Waals surface area contributed by atoms with Gasteiger partial charge in [0.25, 0.3) is 0 Å². The van der Waals surface area contributed by atoms with Crippen molar-refractivity contribution in [3.8, 4) is 0 Å². The molecule has 0 heterocycles. The summed E-state index contributed by atoms with van der Waals surface area (Å²) in [7, 11) is 0. The highest BCUT2D eigenvalue weighted by Gasteiger charge is 2.11. The zero-order valence-electron chi connectivity index (χ0n) is 21.7. The van der Waals surface area contributed by atoms with Gasteiger partial charge >= 0.3 is 5.97 Å². The van der Waals surface area contributed by atoms with Crippen molar-refractivity contribution in [1.29, 1.82) is 0 Å². The molecule has 4 nitrogen and oxygen atoms in total. The maximum atomic E-state index is 11.4. The van der Waals surface area contributed by atoms with Gasteiger partial charge in [0.2, 0.25) is 0 Å². The van der Waals surface area contributed by atoms with Crippen molar-refractivity contribution >= 4 is 12.2 Å². The fraction of sp³-hybridized carbons (Fsp3) is 0.429. The van der Waals surface area contributed by atoms with E-state index in [1.54, 1.807) is 19.1 Å². The summed E-state index contributed by atoms with van der Waals surface area (Å²) in [4.78, 5) is 15.4. The van der Waals surface area contributed by atoms with Crippen LogP contribution in [0.5, 0.6) is 0 Å². The monoisotopic (exact) mass is 443 g/mol. The molecule has 0 aliphatic carbocycles. The van der Waals surface area contributed by atoms with E-state index in [1.807, 2.05) is 52.8 Å². The zero-order chi connectivity index (χ0) is 25.7. The Hall–Kier alpha value is -2.88. The molecular weight excluding hydrogens is 398 g/mol. The lowest BCUT2D eigenvalue weighted by atomic mass is 9.95. The number of hydrogen-bond acceptors (Lipinski definition) is 3. The average molecular weight is 444 g/mol. The second kappa shape index (κ2) is 21.4. The van der Waals surface area contributed by atoms with E-state index in [1.165, 1.54) is 12.3 Å². The van der Waals surface area contributed by atoms with Crippen molar-refractivity contribution in [3.05, 3.63) is 83.2 Å². The summed E-state index contributed by atoms with van der Waals surface area (Å²) in [6.45, 7) is 26.2. The van der Waals surface area contributed by atoms with Gasteiger partial charge in [-0.15, -0.1) is 0 Å². The Labute approximate surface area is 196 Å². The molecule has 180 valence electrons. The first-order valence-corrected chi connectivity index (χ1v) is 11.2. The number of aliphatic hydroxyl groups is 1. The second-order valence-electron chi connectivity index (χ2n) is 7.29. The smallest absolute Gasteiger partial charge is 0.341 e. The first-order chi connectivity index (χ1) is 15.1. The number of aliphatic hydroxyl groups excluding tert-OH is 1. The molecule has 0 rings (SSSR count). The summed E-state index contributed by atoms with van der Waals surface area (Å²) >= 11 is 0. The summed E-state index contributed by atoms with van der Waals surface area (Å²) in [6, 6.07) is 0. The Morgan fingerprint density at radius 1 is 1.03 bits per heavy atom. The normalized spacial score (nSPS) is 13.6. The predicted octanol–water partition coefficient (Wildman–Crippen LogP) is 8.19. The minimum Gasteiger partial charge on any atom is -0.507 e. The van der Waals surface area contributed by atoms with Gasteiger partial charge in [0.1, 0.15) is 11.3 Å². The van der Waals surface area contributed by atoms with Gasteiger partial charge in [-0.05, 0) is 61.5 Å². The molecule has 0 aromatic carbocycles. The lowest BCUT2D eigenvalue weighted by Crippen LogP contribution is -2.06. The van der Waals surface area contributed by atoms with Gasteiger partial charge in [-0.3, -0.25) is 4.99 Å². The van der Waals surface area contributed by atoms with E-state index >= 15 is 0 Å². The highest BCUT2D eigenvalue weighted by Crippen LogP contribution is 2.23. The number of nitrogens with zero attached hydrogens (tertiary/aromatic N) is 1. The summed E-state index contributed by atoms with van der Waals surface area (Å²) in [6.07, 6.45) is 12.6. The first-order valence-electron chi connectivity index (χ1n) is 11.2. The predicted molar refractivity (Wildman–Crippen MR) is 143 cm³/mol. The molecule has 0 aromatic rings. The van der Waals surface area contributed by atoms with Gasteiger partial charge in [0, 0.05) is 12.8 Å². The van der Waals surface area contributed by atoms with Gasteiger partial charge in [0.05, 0.1) is 0 Å². The third-order valence-corrected chi connectivity index (χ3v) is 3.63. The highest BCUT2D eigenvalue weighted by molar-refractivity contribution is 6.09. The molecule has 0 atom stereocenters. The van der Waals surface area contributed by atoms with Crippen LogP contribution in [-0.4, -0.2) is 28.9 Å². The summed E-state index contributed by atoms with van der Waals surface area (Å²) < 4.78 is 0.